The zero-order valence-electron chi connectivity index (χ0n) is 13.1. The highest BCUT2D eigenvalue weighted by atomic mass is 15.2. The number of piperazine rings is 1. The van der Waals surface area contributed by atoms with Crippen LogP contribution < -0.4 is 5.32 Å². The van der Waals surface area contributed by atoms with E-state index in [1.807, 2.05) is 0 Å². The van der Waals surface area contributed by atoms with Crippen LogP contribution in [0, 0.1) is 10.8 Å². The quantitative estimate of drug-likeness (QED) is 0.829. The van der Waals surface area contributed by atoms with Crippen molar-refractivity contribution in [3.63, 3.8) is 0 Å². The summed E-state index contributed by atoms with van der Waals surface area (Å²) in [6.45, 7) is 15.6. The Bertz CT molecular complexity index is 270. The maximum Gasteiger partial charge on any atom is 0.0244 e. The third kappa shape index (κ3) is 2.91. The van der Waals surface area contributed by atoms with Crippen molar-refractivity contribution < 1.29 is 0 Å². The van der Waals surface area contributed by atoms with Crippen LogP contribution in [0.5, 0.6) is 0 Å². The van der Waals surface area contributed by atoms with Crippen molar-refractivity contribution in [3.8, 4) is 0 Å². The highest BCUT2D eigenvalue weighted by Crippen LogP contribution is 2.45. The first-order valence-electron chi connectivity index (χ1n) is 7.84. The van der Waals surface area contributed by atoms with E-state index in [0.717, 1.165) is 6.54 Å². The summed E-state index contributed by atoms with van der Waals surface area (Å²) < 4.78 is 0. The molecule has 106 valence electrons. The average molecular weight is 252 g/mol. The highest BCUT2D eigenvalue weighted by molar-refractivity contribution is 4.95. The molecule has 0 aromatic heterocycles. The van der Waals surface area contributed by atoms with Gasteiger partial charge in [-0.15, -0.1) is 0 Å². The molecule has 2 unspecified atom stereocenters. The van der Waals surface area contributed by atoms with E-state index in [4.69, 9.17) is 0 Å². The molecule has 1 saturated carbocycles. The van der Waals surface area contributed by atoms with Crippen LogP contribution in [0.3, 0.4) is 0 Å². The van der Waals surface area contributed by atoms with E-state index in [1.54, 1.807) is 0 Å². The molecule has 2 aliphatic rings. The van der Waals surface area contributed by atoms with Gasteiger partial charge in [0.1, 0.15) is 0 Å². The van der Waals surface area contributed by atoms with Gasteiger partial charge in [0, 0.05) is 31.7 Å². The van der Waals surface area contributed by atoms with Gasteiger partial charge >= 0.3 is 0 Å². The number of rotatable bonds is 3. The first-order valence-corrected chi connectivity index (χ1v) is 7.84. The molecule has 1 aliphatic carbocycles. The molecule has 1 aliphatic heterocycles. The van der Waals surface area contributed by atoms with E-state index >= 15 is 0 Å². The molecule has 1 N–H and O–H groups in total. The third-order valence-corrected chi connectivity index (χ3v) is 5.45. The largest absolute Gasteiger partial charge is 0.311 e. The maximum absolute atomic E-state index is 3.74. The SMILES string of the molecule is CCC1(CN2CC(C(C)(C)C)NCC2C)CCC1. The Morgan fingerprint density at radius 2 is 1.94 bits per heavy atom. The summed E-state index contributed by atoms with van der Waals surface area (Å²) in [5.74, 6) is 0. The van der Waals surface area contributed by atoms with Gasteiger partial charge in [0.25, 0.3) is 0 Å². The summed E-state index contributed by atoms with van der Waals surface area (Å²) in [7, 11) is 0. The van der Waals surface area contributed by atoms with Gasteiger partial charge in [0.2, 0.25) is 0 Å². The first-order chi connectivity index (χ1) is 8.36. The van der Waals surface area contributed by atoms with Crippen LogP contribution in [0.25, 0.3) is 0 Å². The fourth-order valence-corrected chi connectivity index (χ4v) is 3.45. The molecular weight excluding hydrogens is 220 g/mol. The molecule has 2 fully saturated rings. The molecule has 0 aromatic carbocycles. The lowest BCUT2D eigenvalue weighted by Gasteiger charge is -2.50. The monoisotopic (exact) mass is 252 g/mol. The van der Waals surface area contributed by atoms with Crippen LogP contribution >= 0.6 is 0 Å². The number of nitrogens with one attached hydrogen (secondary N) is 1. The fraction of sp³-hybridized carbons (Fsp3) is 1.00. The molecule has 2 nitrogen and oxygen atoms in total. The number of hydrogen-bond acceptors (Lipinski definition) is 2. The standard InChI is InChI=1S/C16H32N2/c1-6-16(8-7-9-16)12-18-11-14(15(3,4)5)17-10-13(18)2/h13-14,17H,6-12H2,1-5H3. The molecule has 2 atom stereocenters. The summed E-state index contributed by atoms with van der Waals surface area (Å²) in [6.07, 6.45) is 5.74. The van der Waals surface area contributed by atoms with Crippen LogP contribution in [-0.2, 0) is 0 Å². The molecule has 1 heterocycles. The van der Waals surface area contributed by atoms with Crippen molar-refractivity contribution in [1.82, 2.24) is 10.2 Å². The molecule has 2 rings (SSSR count). The van der Waals surface area contributed by atoms with Crippen LogP contribution in [0.1, 0.15) is 60.3 Å². The smallest absolute Gasteiger partial charge is 0.0244 e. The van der Waals surface area contributed by atoms with Crippen LogP contribution in [0.2, 0.25) is 0 Å². The van der Waals surface area contributed by atoms with Crippen LogP contribution in [0.15, 0.2) is 0 Å². The summed E-state index contributed by atoms with van der Waals surface area (Å²) in [4.78, 5) is 2.76. The molecule has 1 saturated heterocycles. The average Bonchev–Trinajstić information content (AvgIpc) is 2.24. The molecule has 0 spiro atoms. The van der Waals surface area contributed by atoms with Gasteiger partial charge in [0.15, 0.2) is 0 Å². The van der Waals surface area contributed by atoms with Crippen molar-refractivity contribution >= 4 is 0 Å². The molecule has 0 bridgehead atoms. The van der Waals surface area contributed by atoms with E-state index in [1.165, 1.54) is 38.8 Å². The normalized spacial score (nSPS) is 33.2. The molecule has 0 amide bonds. The second kappa shape index (κ2) is 5.13. The minimum Gasteiger partial charge on any atom is -0.311 e. The van der Waals surface area contributed by atoms with Gasteiger partial charge in [-0.3, -0.25) is 4.90 Å². The first kappa shape index (κ1) is 14.3. The van der Waals surface area contributed by atoms with Crippen LogP contribution in [-0.4, -0.2) is 36.6 Å². The van der Waals surface area contributed by atoms with Gasteiger partial charge < -0.3 is 5.32 Å². The Labute approximate surface area is 114 Å². The van der Waals surface area contributed by atoms with Gasteiger partial charge in [-0.25, -0.2) is 0 Å². The van der Waals surface area contributed by atoms with Crippen LogP contribution in [0.4, 0.5) is 0 Å². The van der Waals surface area contributed by atoms with E-state index in [9.17, 15) is 0 Å². The van der Waals surface area contributed by atoms with Gasteiger partial charge in [-0.05, 0) is 37.0 Å². The van der Waals surface area contributed by atoms with Crippen molar-refractivity contribution in [2.24, 2.45) is 10.8 Å². The Hall–Kier alpha value is -0.0800. The topological polar surface area (TPSA) is 15.3 Å². The minimum absolute atomic E-state index is 0.372. The summed E-state index contributed by atoms with van der Waals surface area (Å²) in [5.41, 5.74) is 1.03. The summed E-state index contributed by atoms with van der Waals surface area (Å²) >= 11 is 0. The summed E-state index contributed by atoms with van der Waals surface area (Å²) in [6, 6.07) is 1.34. The maximum atomic E-state index is 3.74. The second-order valence-corrected chi connectivity index (χ2v) is 7.81. The van der Waals surface area contributed by atoms with Crippen molar-refractivity contribution in [3.05, 3.63) is 0 Å². The van der Waals surface area contributed by atoms with E-state index in [2.05, 4.69) is 44.8 Å². The lowest BCUT2D eigenvalue weighted by Crippen LogP contribution is -2.61. The van der Waals surface area contributed by atoms with E-state index in [-0.39, 0.29) is 0 Å². The third-order valence-electron chi connectivity index (χ3n) is 5.45. The molecule has 18 heavy (non-hydrogen) atoms. The Balaban J connectivity index is 1.97. The molecule has 2 heteroatoms. The second-order valence-electron chi connectivity index (χ2n) is 7.81. The van der Waals surface area contributed by atoms with Gasteiger partial charge in [-0.2, -0.15) is 0 Å². The molecule has 0 aromatic rings. The molecule has 0 radical (unpaired) electrons. The number of hydrogen-bond donors (Lipinski definition) is 1. The van der Waals surface area contributed by atoms with Gasteiger partial charge in [-0.1, -0.05) is 34.1 Å². The van der Waals surface area contributed by atoms with Gasteiger partial charge in [0.05, 0.1) is 0 Å². The Morgan fingerprint density at radius 3 is 2.39 bits per heavy atom. The molecular formula is C16H32N2. The summed E-state index contributed by atoms with van der Waals surface area (Å²) in [5, 5.41) is 3.74. The lowest BCUT2D eigenvalue weighted by atomic mass is 9.66. The zero-order valence-corrected chi connectivity index (χ0v) is 13.1. The van der Waals surface area contributed by atoms with Crippen molar-refractivity contribution in [1.29, 1.82) is 0 Å². The predicted molar refractivity (Wildman–Crippen MR) is 78.9 cm³/mol. The fourth-order valence-electron chi connectivity index (χ4n) is 3.45. The van der Waals surface area contributed by atoms with E-state index < -0.39 is 0 Å². The Morgan fingerprint density at radius 1 is 1.28 bits per heavy atom. The highest BCUT2D eigenvalue weighted by Gasteiger charge is 2.40. The predicted octanol–water partition coefficient (Wildman–Crippen LogP) is 3.28. The lowest BCUT2D eigenvalue weighted by molar-refractivity contribution is 0.0117. The number of nitrogens with zero attached hydrogens (tertiary/aromatic N) is 1. The van der Waals surface area contributed by atoms with E-state index in [0.29, 0.717) is 22.9 Å². The zero-order chi connectivity index (χ0) is 13.4. The van der Waals surface area contributed by atoms with Crippen molar-refractivity contribution in [2.45, 2.75) is 72.4 Å². The minimum atomic E-state index is 0.372. The van der Waals surface area contributed by atoms with Crippen molar-refractivity contribution in [2.75, 3.05) is 19.6 Å². The Kier molecular flexibility index (Phi) is 4.08.